The van der Waals surface area contributed by atoms with Gasteiger partial charge in [0, 0.05) is 18.4 Å². The molecule has 0 saturated carbocycles. The summed E-state index contributed by atoms with van der Waals surface area (Å²) in [6.07, 6.45) is 9.01. The summed E-state index contributed by atoms with van der Waals surface area (Å²) in [5, 5.41) is 3.55. The maximum absolute atomic E-state index is 4.14. The molecule has 1 fully saturated rings. The molecule has 2 nitrogen and oxygen atoms in total. The van der Waals surface area contributed by atoms with Crippen molar-refractivity contribution in [3.8, 4) is 0 Å². The number of pyridine rings is 1. The van der Waals surface area contributed by atoms with Crippen LogP contribution in [0.2, 0.25) is 0 Å². The van der Waals surface area contributed by atoms with E-state index in [1.54, 1.807) is 0 Å². The summed E-state index contributed by atoms with van der Waals surface area (Å²) < 4.78 is 0. The molecule has 1 aliphatic heterocycles. The fraction of sp³-hybridized carbons (Fsp3) is 0.615. The number of aromatic nitrogens is 1. The van der Waals surface area contributed by atoms with E-state index < -0.39 is 0 Å². The highest BCUT2D eigenvalue weighted by atomic mass is 14.9. The van der Waals surface area contributed by atoms with Crippen molar-refractivity contribution < 1.29 is 0 Å². The zero-order chi connectivity index (χ0) is 10.5. The van der Waals surface area contributed by atoms with Crippen LogP contribution in [0, 0.1) is 5.92 Å². The van der Waals surface area contributed by atoms with E-state index in [-0.39, 0.29) is 0 Å². The van der Waals surface area contributed by atoms with Gasteiger partial charge in [-0.1, -0.05) is 6.07 Å². The van der Waals surface area contributed by atoms with Crippen LogP contribution >= 0.6 is 0 Å². The number of hydrogen-bond acceptors (Lipinski definition) is 2. The van der Waals surface area contributed by atoms with Gasteiger partial charge in [-0.3, -0.25) is 4.98 Å². The first kappa shape index (κ1) is 10.6. The van der Waals surface area contributed by atoms with Crippen LogP contribution < -0.4 is 5.32 Å². The first-order valence-electron chi connectivity index (χ1n) is 5.97. The molecule has 0 bridgehead atoms. The van der Waals surface area contributed by atoms with Gasteiger partial charge in [0.05, 0.1) is 0 Å². The number of nitrogens with zero attached hydrogens (tertiary/aromatic N) is 1. The van der Waals surface area contributed by atoms with Crippen LogP contribution in [0.1, 0.15) is 31.7 Å². The minimum absolute atomic E-state index is 0.722. The monoisotopic (exact) mass is 204 g/mol. The first-order valence-corrected chi connectivity index (χ1v) is 5.97. The van der Waals surface area contributed by atoms with Crippen molar-refractivity contribution in [3.63, 3.8) is 0 Å². The highest BCUT2D eigenvalue weighted by molar-refractivity contribution is 5.08. The lowest BCUT2D eigenvalue weighted by Crippen LogP contribution is -2.36. The molecule has 0 spiro atoms. The molecule has 2 rings (SSSR count). The molecule has 2 heterocycles. The average Bonchev–Trinajstić information content (AvgIpc) is 2.30. The van der Waals surface area contributed by atoms with Gasteiger partial charge in [0.1, 0.15) is 0 Å². The Hall–Kier alpha value is -0.890. The fourth-order valence-electron chi connectivity index (χ4n) is 2.22. The molecule has 1 saturated heterocycles. The topological polar surface area (TPSA) is 24.9 Å². The maximum Gasteiger partial charge on any atom is 0.0299 e. The van der Waals surface area contributed by atoms with Crippen molar-refractivity contribution in [2.45, 2.75) is 38.6 Å². The smallest absolute Gasteiger partial charge is 0.0299 e. The Balaban J connectivity index is 1.74. The molecule has 1 aromatic heterocycles. The normalized spacial score (nSPS) is 26.5. The third-order valence-electron chi connectivity index (χ3n) is 3.33. The van der Waals surface area contributed by atoms with E-state index in [1.807, 2.05) is 18.5 Å². The number of aryl methyl sites for hydroxylation is 1. The van der Waals surface area contributed by atoms with Crippen molar-refractivity contribution in [2.75, 3.05) is 6.54 Å². The van der Waals surface area contributed by atoms with Gasteiger partial charge in [0.2, 0.25) is 0 Å². The van der Waals surface area contributed by atoms with Gasteiger partial charge in [-0.05, 0) is 56.7 Å². The van der Waals surface area contributed by atoms with Gasteiger partial charge in [-0.25, -0.2) is 0 Å². The quantitative estimate of drug-likeness (QED) is 0.818. The van der Waals surface area contributed by atoms with E-state index >= 15 is 0 Å². The highest BCUT2D eigenvalue weighted by Gasteiger charge is 2.16. The molecule has 1 aliphatic rings. The summed E-state index contributed by atoms with van der Waals surface area (Å²) >= 11 is 0. The minimum Gasteiger partial charge on any atom is -0.314 e. The molecule has 2 atom stereocenters. The SMILES string of the molecule is CC1CCC(CCc2cccnc2)CN1. The second kappa shape index (κ2) is 5.26. The molecule has 0 radical (unpaired) electrons. The van der Waals surface area contributed by atoms with Gasteiger partial charge in [-0.15, -0.1) is 0 Å². The molecular weight excluding hydrogens is 184 g/mol. The van der Waals surface area contributed by atoms with Gasteiger partial charge in [0.25, 0.3) is 0 Å². The summed E-state index contributed by atoms with van der Waals surface area (Å²) in [6.45, 7) is 3.47. The van der Waals surface area contributed by atoms with Crippen LogP contribution in [0.3, 0.4) is 0 Å². The Kier molecular flexibility index (Phi) is 3.73. The van der Waals surface area contributed by atoms with E-state index in [4.69, 9.17) is 0 Å². The molecule has 0 aliphatic carbocycles. The zero-order valence-corrected chi connectivity index (χ0v) is 9.45. The highest BCUT2D eigenvalue weighted by Crippen LogP contribution is 2.19. The standard InChI is InChI=1S/C13H20N2/c1-11-4-5-13(10-15-11)7-6-12-3-2-8-14-9-12/h2-3,8-9,11,13,15H,4-7,10H2,1H3. The summed E-state index contributed by atoms with van der Waals surface area (Å²) in [6, 6.07) is 4.92. The third kappa shape index (κ3) is 3.31. The van der Waals surface area contributed by atoms with Crippen LogP contribution in [-0.2, 0) is 6.42 Å². The number of rotatable bonds is 3. The molecule has 2 heteroatoms. The summed E-state index contributed by atoms with van der Waals surface area (Å²) in [5.41, 5.74) is 1.37. The second-order valence-electron chi connectivity index (χ2n) is 4.65. The number of nitrogens with one attached hydrogen (secondary N) is 1. The van der Waals surface area contributed by atoms with Crippen molar-refractivity contribution in [3.05, 3.63) is 30.1 Å². The number of hydrogen-bond donors (Lipinski definition) is 1. The molecule has 2 unspecified atom stereocenters. The Labute approximate surface area is 92.1 Å². The second-order valence-corrected chi connectivity index (χ2v) is 4.65. The summed E-state index contributed by atoms with van der Waals surface area (Å²) in [5.74, 6) is 0.862. The van der Waals surface area contributed by atoms with E-state index in [2.05, 4.69) is 23.3 Å². The minimum atomic E-state index is 0.722. The van der Waals surface area contributed by atoms with Gasteiger partial charge in [0.15, 0.2) is 0 Å². The van der Waals surface area contributed by atoms with E-state index in [1.165, 1.54) is 37.8 Å². The summed E-state index contributed by atoms with van der Waals surface area (Å²) in [4.78, 5) is 4.14. The van der Waals surface area contributed by atoms with E-state index in [9.17, 15) is 0 Å². The van der Waals surface area contributed by atoms with Crippen LogP contribution in [0.15, 0.2) is 24.5 Å². The predicted molar refractivity (Wildman–Crippen MR) is 62.7 cm³/mol. The average molecular weight is 204 g/mol. The van der Waals surface area contributed by atoms with E-state index in [0.717, 1.165) is 12.0 Å². The Morgan fingerprint density at radius 1 is 1.47 bits per heavy atom. The zero-order valence-electron chi connectivity index (χ0n) is 9.45. The molecular formula is C13H20N2. The largest absolute Gasteiger partial charge is 0.314 e. The van der Waals surface area contributed by atoms with Gasteiger partial charge in [-0.2, -0.15) is 0 Å². The Morgan fingerprint density at radius 2 is 2.40 bits per heavy atom. The van der Waals surface area contributed by atoms with E-state index in [0.29, 0.717) is 0 Å². The van der Waals surface area contributed by atoms with Crippen molar-refractivity contribution in [1.82, 2.24) is 10.3 Å². The van der Waals surface area contributed by atoms with Crippen LogP contribution in [-0.4, -0.2) is 17.6 Å². The van der Waals surface area contributed by atoms with Crippen molar-refractivity contribution in [2.24, 2.45) is 5.92 Å². The molecule has 0 aromatic carbocycles. The molecule has 1 aromatic rings. The van der Waals surface area contributed by atoms with Gasteiger partial charge < -0.3 is 5.32 Å². The number of piperidine rings is 1. The third-order valence-corrected chi connectivity index (χ3v) is 3.33. The van der Waals surface area contributed by atoms with Crippen molar-refractivity contribution >= 4 is 0 Å². The molecule has 0 amide bonds. The van der Waals surface area contributed by atoms with Gasteiger partial charge >= 0.3 is 0 Å². The lowest BCUT2D eigenvalue weighted by Gasteiger charge is -2.27. The van der Waals surface area contributed by atoms with Crippen molar-refractivity contribution in [1.29, 1.82) is 0 Å². The maximum atomic E-state index is 4.14. The Bertz CT molecular complexity index is 276. The fourth-order valence-corrected chi connectivity index (χ4v) is 2.22. The van der Waals surface area contributed by atoms with Crippen LogP contribution in [0.4, 0.5) is 0 Å². The lowest BCUT2D eigenvalue weighted by molar-refractivity contribution is 0.309. The first-order chi connectivity index (χ1) is 7.34. The van der Waals surface area contributed by atoms with Crippen LogP contribution in [0.5, 0.6) is 0 Å². The van der Waals surface area contributed by atoms with Crippen LogP contribution in [0.25, 0.3) is 0 Å². The molecule has 82 valence electrons. The summed E-state index contributed by atoms with van der Waals surface area (Å²) in [7, 11) is 0. The molecule has 1 N–H and O–H groups in total. The Morgan fingerprint density at radius 3 is 3.07 bits per heavy atom. The molecule has 15 heavy (non-hydrogen) atoms. The predicted octanol–water partition coefficient (Wildman–Crippen LogP) is 2.40. The lowest BCUT2D eigenvalue weighted by atomic mass is 9.90.